The first-order valence-corrected chi connectivity index (χ1v) is 6.51. The third-order valence-electron chi connectivity index (χ3n) is 4.00. The minimum absolute atomic E-state index is 0.451. The van der Waals surface area contributed by atoms with Gasteiger partial charge in [0.05, 0.1) is 12.8 Å². The van der Waals surface area contributed by atoms with Crippen LogP contribution >= 0.6 is 0 Å². The van der Waals surface area contributed by atoms with Crippen LogP contribution in [0.4, 0.5) is 0 Å². The third-order valence-corrected chi connectivity index (χ3v) is 4.00. The molecule has 96 valence electrons. The Balaban J connectivity index is 1.76. The molecule has 3 nitrogen and oxygen atoms in total. The summed E-state index contributed by atoms with van der Waals surface area (Å²) in [4.78, 5) is 2.42. The topological polar surface area (TPSA) is 28.4 Å². The molecule has 1 aliphatic heterocycles. The Bertz CT molecular complexity index is 351. The molecule has 3 heteroatoms. The molecule has 1 aliphatic rings. The van der Waals surface area contributed by atoms with Crippen LogP contribution in [0.15, 0.2) is 16.7 Å². The van der Waals surface area contributed by atoms with Gasteiger partial charge in [-0.1, -0.05) is 6.92 Å². The molecular formula is C14H24N2O. The number of hydrogen-bond acceptors (Lipinski definition) is 3. The lowest BCUT2D eigenvalue weighted by Crippen LogP contribution is -2.41. The molecule has 2 rings (SSSR count). The molecule has 1 aromatic rings. The lowest BCUT2D eigenvalue weighted by atomic mass is 9.80. The molecule has 0 aliphatic carbocycles. The average molecular weight is 236 g/mol. The standard InChI is InChI=1S/C14H24N2O/c1-12-4-9-17-13(12)10-15-11-14(2)5-7-16(3)8-6-14/h4,9,15H,5-8,10-11H2,1-3H3. The number of furan rings is 1. The molecular weight excluding hydrogens is 212 g/mol. The van der Waals surface area contributed by atoms with E-state index in [1.54, 1.807) is 6.26 Å². The molecule has 0 bridgehead atoms. The number of nitrogens with one attached hydrogen (secondary N) is 1. The van der Waals surface area contributed by atoms with Crippen LogP contribution in [0, 0.1) is 12.3 Å². The number of hydrogen-bond donors (Lipinski definition) is 1. The number of likely N-dealkylation sites (tertiary alicyclic amines) is 1. The van der Waals surface area contributed by atoms with E-state index in [9.17, 15) is 0 Å². The van der Waals surface area contributed by atoms with Gasteiger partial charge in [-0.3, -0.25) is 0 Å². The second-order valence-electron chi connectivity index (χ2n) is 5.74. The van der Waals surface area contributed by atoms with Crippen LogP contribution < -0.4 is 5.32 Å². The van der Waals surface area contributed by atoms with Crippen molar-refractivity contribution in [1.29, 1.82) is 0 Å². The minimum atomic E-state index is 0.451. The zero-order valence-corrected chi connectivity index (χ0v) is 11.3. The lowest BCUT2D eigenvalue weighted by molar-refractivity contribution is 0.136. The summed E-state index contributed by atoms with van der Waals surface area (Å²) in [5, 5.41) is 3.54. The van der Waals surface area contributed by atoms with Gasteiger partial charge in [0.1, 0.15) is 5.76 Å². The molecule has 0 atom stereocenters. The molecule has 0 unspecified atom stereocenters. The summed E-state index contributed by atoms with van der Waals surface area (Å²) in [6.07, 6.45) is 4.34. The van der Waals surface area contributed by atoms with Crippen molar-refractivity contribution in [3.63, 3.8) is 0 Å². The summed E-state index contributed by atoms with van der Waals surface area (Å²) in [7, 11) is 2.21. The van der Waals surface area contributed by atoms with E-state index in [1.807, 2.05) is 6.07 Å². The van der Waals surface area contributed by atoms with Crippen LogP contribution in [0.2, 0.25) is 0 Å². The second-order valence-corrected chi connectivity index (χ2v) is 5.74. The molecule has 1 aromatic heterocycles. The Morgan fingerprint density at radius 3 is 2.71 bits per heavy atom. The average Bonchev–Trinajstić information content (AvgIpc) is 2.70. The smallest absolute Gasteiger partial charge is 0.120 e. The highest BCUT2D eigenvalue weighted by atomic mass is 16.3. The highest BCUT2D eigenvalue weighted by Gasteiger charge is 2.28. The first-order chi connectivity index (χ1) is 8.09. The Hall–Kier alpha value is -0.800. The van der Waals surface area contributed by atoms with Gasteiger partial charge in [-0.15, -0.1) is 0 Å². The first-order valence-electron chi connectivity index (χ1n) is 6.51. The Labute approximate surface area is 104 Å². The highest BCUT2D eigenvalue weighted by molar-refractivity contribution is 5.14. The van der Waals surface area contributed by atoms with Gasteiger partial charge in [-0.05, 0) is 56.9 Å². The van der Waals surface area contributed by atoms with Crippen LogP contribution in [-0.4, -0.2) is 31.6 Å². The van der Waals surface area contributed by atoms with E-state index in [0.717, 1.165) is 18.8 Å². The number of aryl methyl sites for hydroxylation is 1. The maximum absolute atomic E-state index is 5.43. The summed E-state index contributed by atoms with van der Waals surface area (Å²) in [6.45, 7) is 8.86. The van der Waals surface area contributed by atoms with E-state index >= 15 is 0 Å². The monoisotopic (exact) mass is 236 g/mol. The molecule has 1 saturated heterocycles. The van der Waals surface area contributed by atoms with Gasteiger partial charge in [-0.2, -0.15) is 0 Å². The molecule has 1 N–H and O–H groups in total. The number of rotatable bonds is 4. The number of piperidine rings is 1. The minimum Gasteiger partial charge on any atom is -0.468 e. The molecule has 1 fully saturated rings. The van der Waals surface area contributed by atoms with Crippen molar-refractivity contribution in [1.82, 2.24) is 10.2 Å². The first kappa shape index (κ1) is 12.7. The van der Waals surface area contributed by atoms with Gasteiger partial charge >= 0.3 is 0 Å². The fraction of sp³-hybridized carbons (Fsp3) is 0.714. The van der Waals surface area contributed by atoms with Crippen molar-refractivity contribution in [2.75, 3.05) is 26.7 Å². The molecule has 0 saturated carbocycles. The van der Waals surface area contributed by atoms with E-state index in [2.05, 4.69) is 31.1 Å². The largest absolute Gasteiger partial charge is 0.468 e. The summed E-state index contributed by atoms with van der Waals surface area (Å²) >= 11 is 0. The predicted octanol–water partition coefficient (Wildman–Crippen LogP) is 2.41. The Morgan fingerprint density at radius 2 is 2.12 bits per heavy atom. The zero-order chi connectivity index (χ0) is 12.3. The van der Waals surface area contributed by atoms with Crippen molar-refractivity contribution in [2.45, 2.75) is 33.2 Å². The quantitative estimate of drug-likeness (QED) is 0.870. The van der Waals surface area contributed by atoms with E-state index in [-0.39, 0.29) is 0 Å². The summed E-state index contributed by atoms with van der Waals surface area (Å²) in [5.41, 5.74) is 1.69. The van der Waals surface area contributed by atoms with Gasteiger partial charge < -0.3 is 14.6 Å². The lowest BCUT2D eigenvalue weighted by Gasteiger charge is -2.38. The van der Waals surface area contributed by atoms with Gasteiger partial charge in [0.2, 0.25) is 0 Å². The summed E-state index contributed by atoms with van der Waals surface area (Å²) in [5.74, 6) is 1.07. The van der Waals surface area contributed by atoms with E-state index < -0.39 is 0 Å². The Kier molecular flexibility index (Phi) is 3.89. The van der Waals surface area contributed by atoms with E-state index in [1.165, 1.54) is 31.5 Å². The van der Waals surface area contributed by atoms with Crippen molar-refractivity contribution in [3.8, 4) is 0 Å². The van der Waals surface area contributed by atoms with E-state index in [0.29, 0.717) is 5.41 Å². The molecule has 17 heavy (non-hydrogen) atoms. The highest BCUT2D eigenvalue weighted by Crippen LogP contribution is 2.29. The van der Waals surface area contributed by atoms with Crippen LogP contribution in [0.5, 0.6) is 0 Å². The summed E-state index contributed by atoms with van der Waals surface area (Å²) in [6, 6.07) is 2.02. The molecule has 0 amide bonds. The van der Waals surface area contributed by atoms with Crippen LogP contribution in [0.25, 0.3) is 0 Å². The fourth-order valence-electron chi connectivity index (χ4n) is 2.40. The van der Waals surface area contributed by atoms with Crippen molar-refractivity contribution < 1.29 is 4.42 Å². The van der Waals surface area contributed by atoms with E-state index in [4.69, 9.17) is 4.42 Å². The molecule has 2 heterocycles. The van der Waals surface area contributed by atoms with Crippen molar-refractivity contribution >= 4 is 0 Å². The van der Waals surface area contributed by atoms with Gasteiger partial charge in [0, 0.05) is 6.54 Å². The SMILES string of the molecule is Cc1ccoc1CNCC1(C)CCN(C)CC1. The van der Waals surface area contributed by atoms with Gasteiger partial charge in [0.25, 0.3) is 0 Å². The van der Waals surface area contributed by atoms with Crippen LogP contribution in [0.1, 0.15) is 31.1 Å². The molecule has 0 spiro atoms. The van der Waals surface area contributed by atoms with Crippen LogP contribution in [-0.2, 0) is 6.54 Å². The normalized spacial score (nSPS) is 20.6. The maximum atomic E-state index is 5.43. The maximum Gasteiger partial charge on any atom is 0.120 e. The van der Waals surface area contributed by atoms with Crippen molar-refractivity contribution in [2.24, 2.45) is 5.41 Å². The predicted molar refractivity (Wildman–Crippen MR) is 70.0 cm³/mol. The zero-order valence-electron chi connectivity index (χ0n) is 11.3. The fourth-order valence-corrected chi connectivity index (χ4v) is 2.40. The second kappa shape index (κ2) is 5.23. The molecule has 0 aromatic carbocycles. The van der Waals surface area contributed by atoms with Crippen LogP contribution in [0.3, 0.4) is 0 Å². The third kappa shape index (κ3) is 3.33. The van der Waals surface area contributed by atoms with Crippen molar-refractivity contribution in [3.05, 3.63) is 23.7 Å². The van der Waals surface area contributed by atoms with Gasteiger partial charge in [0.15, 0.2) is 0 Å². The number of nitrogens with zero attached hydrogens (tertiary/aromatic N) is 1. The molecule has 0 radical (unpaired) electrons. The van der Waals surface area contributed by atoms with Gasteiger partial charge in [-0.25, -0.2) is 0 Å². The summed E-state index contributed by atoms with van der Waals surface area (Å²) < 4.78 is 5.43. The Morgan fingerprint density at radius 1 is 1.41 bits per heavy atom.